The molecule has 1 atom stereocenters. The summed E-state index contributed by atoms with van der Waals surface area (Å²) in [4.78, 5) is 28.4. The second kappa shape index (κ2) is 11.1. The van der Waals surface area contributed by atoms with Crippen LogP contribution in [0.3, 0.4) is 0 Å². The van der Waals surface area contributed by atoms with E-state index in [1.54, 1.807) is 24.3 Å². The van der Waals surface area contributed by atoms with Crippen molar-refractivity contribution in [2.45, 2.75) is 65.7 Å². The molecule has 1 amide bonds. The summed E-state index contributed by atoms with van der Waals surface area (Å²) in [6.45, 7) is 11.9. The monoisotopic (exact) mass is 513 g/mol. The van der Waals surface area contributed by atoms with E-state index in [9.17, 15) is 14.7 Å². The number of anilines is 1. The zero-order valence-electron chi connectivity index (χ0n) is 22.8. The lowest BCUT2D eigenvalue weighted by molar-refractivity contribution is -0.132. The third kappa shape index (κ3) is 5.59. The van der Waals surface area contributed by atoms with Crippen molar-refractivity contribution >= 4 is 23.1 Å². The SMILES string of the molecule is CC(C)Oc1ccc(C2/C(=C(/O)c3cccc(OC(C)C)c3)C(=O)C(=O)N2c2ccc(C(C)C)cc2)cc1. The van der Waals surface area contributed by atoms with Crippen molar-refractivity contribution in [3.05, 3.63) is 95.1 Å². The van der Waals surface area contributed by atoms with Gasteiger partial charge in [-0.3, -0.25) is 14.5 Å². The first-order chi connectivity index (χ1) is 18.1. The molecule has 1 saturated heterocycles. The van der Waals surface area contributed by atoms with Gasteiger partial charge in [-0.2, -0.15) is 0 Å². The van der Waals surface area contributed by atoms with E-state index in [4.69, 9.17) is 9.47 Å². The van der Waals surface area contributed by atoms with E-state index in [-0.39, 0.29) is 23.5 Å². The summed E-state index contributed by atoms with van der Waals surface area (Å²) in [5.74, 6) is -0.102. The maximum Gasteiger partial charge on any atom is 0.300 e. The molecule has 0 saturated carbocycles. The fourth-order valence-corrected chi connectivity index (χ4v) is 4.58. The lowest BCUT2D eigenvalue weighted by Gasteiger charge is -2.26. The standard InChI is InChI=1S/C32H35NO5/c1-19(2)22-10-14-25(15-11-22)33-29(23-12-16-26(17-13-23)37-20(3)4)28(31(35)32(33)36)30(34)24-8-7-9-27(18-24)38-21(5)6/h7-21,29,34H,1-6H3/b30-28-. The second-order valence-corrected chi connectivity index (χ2v) is 10.3. The van der Waals surface area contributed by atoms with Gasteiger partial charge in [0.2, 0.25) is 0 Å². The van der Waals surface area contributed by atoms with Crippen LogP contribution < -0.4 is 14.4 Å². The minimum absolute atomic E-state index is 0.00583. The molecule has 6 nitrogen and oxygen atoms in total. The Hall–Kier alpha value is -4.06. The van der Waals surface area contributed by atoms with E-state index in [1.807, 2.05) is 76.2 Å². The average molecular weight is 514 g/mol. The number of rotatable bonds is 8. The summed E-state index contributed by atoms with van der Waals surface area (Å²) in [5, 5.41) is 11.5. The highest BCUT2D eigenvalue weighted by molar-refractivity contribution is 6.51. The zero-order valence-corrected chi connectivity index (χ0v) is 22.8. The number of ketones is 1. The molecule has 6 heteroatoms. The average Bonchev–Trinajstić information content (AvgIpc) is 3.13. The third-order valence-electron chi connectivity index (χ3n) is 6.33. The van der Waals surface area contributed by atoms with Crippen LogP contribution in [0.25, 0.3) is 5.76 Å². The Bertz CT molecular complexity index is 1340. The molecule has 1 fully saturated rings. The Morgan fingerprint density at radius 1 is 0.789 bits per heavy atom. The van der Waals surface area contributed by atoms with Crippen LogP contribution in [0.2, 0.25) is 0 Å². The number of amides is 1. The van der Waals surface area contributed by atoms with Crippen LogP contribution in [0.4, 0.5) is 5.69 Å². The summed E-state index contributed by atoms with van der Waals surface area (Å²) < 4.78 is 11.6. The van der Waals surface area contributed by atoms with Gasteiger partial charge >= 0.3 is 0 Å². The lowest BCUT2D eigenvalue weighted by Crippen LogP contribution is -2.29. The predicted octanol–water partition coefficient (Wildman–Crippen LogP) is 7.01. The van der Waals surface area contributed by atoms with Crippen molar-refractivity contribution in [3.8, 4) is 11.5 Å². The number of aliphatic hydroxyl groups is 1. The lowest BCUT2D eigenvalue weighted by atomic mass is 9.94. The van der Waals surface area contributed by atoms with E-state index < -0.39 is 17.7 Å². The first-order valence-electron chi connectivity index (χ1n) is 13.0. The Labute approximate surface area is 224 Å². The Morgan fingerprint density at radius 3 is 1.97 bits per heavy atom. The summed E-state index contributed by atoms with van der Waals surface area (Å²) in [6.07, 6.45) is -0.0512. The summed E-state index contributed by atoms with van der Waals surface area (Å²) in [5.41, 5.74) is 2.83. The Morgan fingerprint density at radius 2 is 1.39 bits per heavy atom. The molecular weight excluding hydrogens is 478 g/mol. The molecule has 1 N–H and O–H groups in total. The van der Waals surface area contributed by atoms with Crippen molar-refractivity contribution in [2.75, 3.05) is 4.90 Å². The maximum absolute atomic E-state index is 13.5. The molecule has 3 aromatic carbocycles. The minimum atomic E-state index is -0.817. The number of benzene rings is 3. The molecule has 0 aromatic heterocycles. The van der Waals surface area contributed by atoms with E-state index in [2.05, 4.69) is 13.8 Å². The van der Waals surface area contributed by atoms with Crippen molar-refractivity contribution < 1.29 is 24.2 Å². The van der Waals surface area contributed by atoms with Crippen molar-refractivity contribution in [3.63, 3.8) is 0 Å². The molecule has 0 aliphatic carbocycles. The number of hydrogen-bond donors (Lipinski definition) is 1. The molecule has 38 heavy (non-hydrogen) atoms. The first-order valence-corrected chi connectivity index (χ1v) is 13.0. The third-order valence-corrected chi connectivity index (χ3v) is 6.33. The van der Waals surface area contributed by atoms with Crippen LogP contribution in [-0.2, 0) is 9.59 Å². The Balaban J connectivity index is 1.86. The van der Waals surface area contributed by atoms with E-state index in [0.717, 1.165) is 5.56 Å². The smallest absolute Gasteiger partial charge is 0.300 e. The molecule has 1 aliphatic heterocycles. The molecule has 198 valence electrons. The number of carbonyl (C=O) groups excluding carboxylic acids is 2. The van der Waals surface area contributed by atoms with Crippen LogP contribution >= 0.6 is 0 Å². The van der Waals surface area contributed by atoms with Gasteiger partial charge in [-0.05, 0) is 81.1 Å². The van der Waals surface area contributed by atoms with Crippen molar-refractivity contribution in [2.24, 2.45) is 0 Å². The first kappa shape index (κ1) is 27.0. The minimum Gasteiger partial charge on any atom is -0.507 e. The quantitative estimate of drug-likeness (QED) is 0.199. The van der Waals surface area contributed by atoms with Crippen LogP contribution in [-0.4, -0.2) is 29.0 Å². The highest BCUT2D eigenvalue weighted by Gasteiger charge is 2.47. The van der Waals surface area contributed by atoms with E-state index in [0.29, 0.717) is 34.2 Å². The molecule has 1 unspecified atom stereocenters. The largest absolute Gasteiger partial charge is 0.507 e. The van der Waals surface area contributed by atoms with Gasteiger partial charge in [0.15, 0.2) is 0 Å². The summed E-state index contributed by atoms with van der Waals surface area (Å²) in [7, 11) is 0. The van der Waals surface area contributed by atoms with Gasteiger partial charge in [0.05, 0.1) is 23.8 Å². The number of hydrogen-bond acceptors (Lipinski definition) is 5. The van der Waals surface area contributed by atoms with Crippen LogP contribution in [0.5, 0.6) is 11.5 Å². The number of ether oxygens (including phenoxy) is 2. The molecule has 3 aromatic rings. The number of aliphatic hydroxyl groups excluding tert-OH is 1. The molecule has 0 spiro atoms. The van der Waals surface area contributed by atoms with Crippen molar-refractivity contribution in [1.29, 1.82) is 0 Å². The fourth-order valence-electron chi connectivity index (χ4n) is 4.58. The van der Waals surface area contributed by atoms with Crippen LogP contribution in [0.15, 0.2) is 78.4 Å². The highest BCUT2D eigenvalue weighted by Crippen LogP contribution is 2.43. The maximum atomic E-state index is 13.5. The summed E-state index contributed by atoms with van der Waals surface area (Å²) in [6, 6.07) is 21.0. The predicted molar refractivity (Wildman–Crippen MR) is 150 cm³/mol. The van der Waals surface area contributed by atoms with Gasteiger partial charge in [-0.25, -0.2) is 0 Å². The normalized spacial score (nSPS) is 17.1. The van der Waals surface area contributed by atoms with Gasteiger partial charge in [-0.15, -0.1) is 0 Å². The van der Waals surface area contributed by atoms with Gasteiger partial charge in [0.25, 0.3) is 11.7 Å². The highest BCUT2D eigenvalue weighted by atomic mass is 16.5. The molecule has 1 heterocycles. The van der Waals surface area contributed by atoms with Crippen LogP contribution in [0.1, 0.15) is 70.2 Å². The van der Waals surface area contributed by atoms with Gasteiger partial charge in [-0.1, -0.05) is 50.2 Å². The molecule has 0 bridgehead atoms. The van der Waals surface area contributed by atoms with E-state index >= 15 is 0 Å². The molecule has 0 radical (unpaired) electrons. The fraction of sp³-hybridized carbons (Fsp3) is 0.312. The van der Waals surface area contributed by atoms with Crippen molar-refractivity contribution in [1.82, 2.24) is 0 Å². The van der Waals surface area contributed by atoms with Crippen LogP contribution in [0, 0.1) is 0 Å². The number of nitrogens with zero attached hydrogens (tertiary/aromatic N) is 1. The van der Waals surface area contributed by atoms with Gasteiger partial charge in [0.1, 0.15) is 17.3 Å². The second-order valence-electron chi connectivity index (χ2n) is 10.3. The summed E-state index contributed by atoms with van der Waals surface area (Å²) >= 11 is 0. The van der Waals surface area contributed by atoms with Gasteiger partial charge < -0.3 is 14.6 Å². The topological polar surface area (TPSA) is 76.1 Å². The van der Waals surface area contributed by atoms with Gasteiger partial charge in [0, 0.05) is 11.3 Å². The Kier molecular flexibility index (Phi) is 7.91. The number of carbonyl (C=O) groups is 2. The van der Waals surface area contributed by atoms with E-state index in [1.165, 1.54) is 4.90 Å². The number of Topliss-reactive ketones (excluding diaryl/α,β-unsaturated/α-hetero) is 1. The molecular formula is C32H35NO5. The zero-order chi connectivity index (χ0) is 27.6. The molecule has 1 aliphatic rings. The molecule has 4 rings (SSSR count).